The second-order valence-electron chi connectivity index (χ2n) is 9.36. The molecule has 0 atom stereocenters. The van der Waals surface area contributed by atoms with Gasteiger partial charge in [0.05, 0.1) is 10.6 Å². The standard InChI is InChI=1S/C22H29N3O4/c1-14-4-5-18(25(28)29)10-19(14)24-20(26)3-2-6-23-21(27)22-11-15-7-16(12-22)9-17(8-15)13-22/h4-5,10,15-17H,2-3,6-9,11-13H2,1H3,(H,23,27)(H,24,26). The molecule has 4 saturated carbocycles. The molecule has 1 aromatic carbocycles. The first-order valence-corrected chi connectivity index (χ1v) is 10.7. The molecule has 29 heavy (non-hydrogen) atoms. The average molecular weight is 399 g/mol. The molecule has 5 rings (SSSR count). The molecule has 7 heteroatoms. The SMILES string of the molecule is Cc1ccc([N+](=O)[O-])cc1NC(=O)CCCNC(=O)C12CC3CC(CC(C3)C1)C2. The Morgan fingerprint density at radius 3 is 2.34 bits per heavy atom. The van der Waals surface area contributed by atoms with Gasteiger partial charge in [0.15, 0.2) is 0 Å². The lowest BCUT2D eigenvalue weighted by atomic mass is 9.49. The summed E-state index contributed by atoms with van der Waals surface area (Å²) in [6.07, 6.45) is 7.87. The summed E-state index contributed by atoms with van der Waals surface area (Å²) >= 11 is 0. The van der Waals surface area contributed by atoms with Crippen molar-refractivity contribution in [1.29, 1.82) is 0 Å². The summed E-state index contributed by atoms with van der Waals surface area (Å²) in [7, 11) is 0. The fourth-order valence-corrected chi connectivity index (χ4v) is 6.10. The van der Waals surface area contributed by atoms with E-state index < -0.39 is 4.92 Å². The largest absolute Gasteiger partial charge is 0.356 e. The molecule has 0 unspecified atom stereocenters. The van der Waals surface area contributed by atoms with Crippen molar-refractivity contribution in [2.75, 3.05) is 11.9 Å². The fraction of sp³-hybridized carbons (Fsp3) is 0.636. The number of anilines is 1. The number of nitrogens with one attached hydrogen (secondary N) is 2. The van der Waals surface area contributed by atoms with E-state index in [-0.39, 0.29) is 29.3 Å². The highest BCUT2D eigenvalue weighted by Crippen LogP contribution is 2.60. The van der Waals surface area contributed by atoms with Crippen LogP contribution in [0.2, 0.25) is 0 Å². The van der Waals surface area contributed by atoms with E-state index in [4.69, 9.17) is 0 Å². The molecule has 156 valence electrons. The number of hydrogen-bond donors (Lipinski definition) is 2. The van der Waals surface area contributed by atoms with Gasteiger partial charge in [-0.1, -0.05) is 6.07 Å². The van der Waals surface area contributed by atoms with Gasteiger partial charge in [0.2, 0.25) is 11.8 Å². The molecule has 4 aliphatic carbocycles. The Kier molecular flexibility index (Phi) is 5.32. The van der Waals surface area contributed by atoms with Gasteiger partial charge in [-0.3, -0.25) is 19.7 Å². The van der Waals surface area contributed by atoms with E-state index in [1.165, 1.54) is 31.4 Å². The summed E-state index contributed by atoms with van der Waals surface area (Å²) in [5, 5.41) is 16.7. The molecule has 0 spiro atoms. The minimum Gasteiger partial charge on any atom is -0.356 e. The van der Waals surface area contributed by atoms with Crippen LogP contribution in [0.25, 0.3) is 0 Å². The van der Waals surface area contributed by atoms with E-state index in [9.17, 15) is 19.7 Å². The number of benzene rings is 1. The second kappa shape index (κ2) is 7.76. The minimum atomic E-state index is -0.477. The zero-order chi connectivity index (χ0) is 20.6. The van der Waals surface area contributed by atoms with Crippen LogP contribution in [0, 0.1) is 40.2 Å². The number of nitrogens with zero attached hydrogens (tertiary/aromatic N) is 1. The summed E-state index contributed by atoms with van der Waals surface area (Å²) in [6, 6.07) is 4.42. The Bertz CT molecular complexity index is 800. The number of non-ortho nitro benzene ring substituents is 1. The summed E-state index contributed by atoms with van der Waals surface area (Å²) in [6.45, 7) is 2.28. The lowest BCUT2D eigenvalue weighted by Gasteiger charge is -2.55. The highest BCUT2D eigenvalue weighted by atomic mass is 16.6. The first kappa shape index (κ1) is 19.9. The molecular formula is C22H29N3O4. The molecule has 4 bridgehead atoms. The van der Waals surface area contributed by atoms with Crippen LogP contribution in [0.1, 0.15) is 56.9 Å². The van der Waals surface area contributed by atoms with Crippen molar-refractivity contribution in [3.63, 3.8) is 0 Å². The van der Waals surface area contributed by atoms with E-state index in [1.807, 2.05) is 0 Å². The van der Waals surface area contributed by atoms with Crippen LogP contribution in [-0.4, -0.2) is 23.3 Å². The van der Waals surface area contributed by atoms with Crippen molar-refractivity contribution < 1.29 is 14.5 Å². The van der Waals surface area contributed by atoms with Crippen molar-refractivity contribution in [3.05, 3.63) is 33.9 Å². The van der Waals surface area contributed by atoms with E-state index in [0.29, 0.717) is 18.7 Å². The maximum atomic E-state index is 12.9. The van der Waals surface area contributed by atoms with Crippen molar-refractivity contribution in [2.24, 2.45) is 23.2 Å². The van der Waals surface area contributed by atoms with E-state index in [2.05, 4.69) is 10.6 Å². The predicted octanol–water partition coefficient (Wildman–Crippen LogP) is 3.95. The van der Waals surface area contributed by atoms with Gasteiger partial charge in [0.1, 0.15) is 0 Å². The van der Waals surface area contributed by atoms with Crippen LogP contribution < -0.4 is 10.6 Å². The van der Waals surface area contributed by atoms with Gasteiger partial charge in [-0.2, -0.15) is 0 Å². The number of carbonyl (C=O) groups excluding carboxylic acids is 2. The summed E-state index contributed by atoms with van der Waals surface area (Å²) in [4.78, 5) is 35.6. The van der Waals surface area contributed by atoms with Gasteiger partial charge in [-0.15, -0.1) is 0 Å². The van der Waals surface area contributed by atoms with Crippen LogP contribution in [0.5, 0.6) is 0 Å². The molecule has 2 amide bonds. The zero-order valence-corrected chi connectivity index (χ0v) is 16.9. The van der Waals surface area contributed by atoms with Crippen molar-refractivity contribution in [3.8, 4) is 0 Å². The Morgan fingerprint density at radius 1 is 1.14 bits per heavy atom. The maximum absolute atomic E-state index is 12.9. The molecule has 4 fully saturated rings. The number of hydrogen-bond acceptors (Lipinski definition) is 4. The Hall–Kier alpha value is -2.44. The molecule has 0 saturated heterocycles. The number of carbonyl (C=O) groups is 2. The summed E-state index contributed by atoms with van der Waals surface area (Å²) in [5.74, 6) is 2.19. The fourth-order valence-electron chi connectivity index (χ4n) is 6.10. The van der Waals surface area contributed by atoms with Gasteiger partial charge in [-0.05, 0) is 75.2 Å². The normalized spacial score (nSPS) is 29.5. The third-order valence-corrected chi connectivity index (χ3v) is 7.09. The Labute approximate surface area is 170 Å². The van der Waals surface area contributed by atoms with Crippen LogP contribution in [0.3, 0.4) is 0 Å². The zero-order valence-electron chi connectivity index (χ0n) is 16.9. The molecule has 0 aromatic heterocycles. The molecule has 0 radical (unpaired) electrons. The molecule has 2 N–H and O–H groups in total. The van der Waals surface area contributed by atoms with Crippen LogP contribution in [-0.2, 0) is 9.59 Å². The van der Waals surface area contributed by atoms with E-state index >= 15 is 0 Å². The Morgan fingerprint density at radius 2 is 1.76 bits per heavy atom. The highest BCUT2D eigenvalue weighted by molar-refractivity contribution is 5.92. The number of rotatable bonds is 7. The first-order chi connectivity index (χ1) is 13.8. The van der Waals surface area contributed by atoms with E-state index in [1.54, 1.807) is 13.0 Å². The number of aryl methyl sites for hydroxylation is 1. The minimum absolute atomic E-state index is 0.0475. The molecule has 0 aliphatic heterocycles. The maximum Gasteiger partial charge on any atom is 0.271 e. The van der Waals surface area contributed by atoms with Gasteiger partial charge in [-0.25, -0.2) is 0 Å². The monoisotopic (exact) mass is 399 g/mol. The number of nitro groups is 1. The smallest absolute Gasteiger partial charge is 0.271 e. The van der Waals surface area contributed by atoms with E-state index in [0.717, 1.165) is 42.6 Å². The third kappa shape index (κ3) is 4.14. The number of amides is 2. The lowest BCUT2D eigenvalue weighted by molar-refractivity contribution is -0.384. The molecule has 1 aromatic rings. The summed E-state index contributed by atoms with van der Waals surface area (Å²) in [5.41, 5.74) is 1.03. The van der Waals surface area contributed by atoms with Gasteiger partial charge in [0, 0.05) is 30.5 Å². The molecule has 4 aliphatic rings. The average Bonchev–Trinajstić information content (AvgIpc) is 2.65. The predicted molar refractivity (Wildman–Crippen MR) is 109 cm³/mol. The highest BCUT2D eigenvalue weighted by Gasteiger charge is 2.54. The van der Waals surface area contributed by atoms with Gasteiger partial charge < -0.3 is 10.6 Å². The first-order valence-electron chi connectivity index (χ1n) is 10.7. The van der Waals surface area contributed by atoms with Crippen molar-refractivity contribution in [1.82, 2.24) is 5.32 Å². The van der Waals surface area contributed by atoms with Gasteiger partial charge in [0.25, 0.3) is 5.69 Å². The van der Waals surface area contributed by atoms with Crippen molar-refractivity contribution >= 4 is 23.2 Å². The number of nitro benzene ring substituents is 1. The third-order valence-electron chi connectivity index (χ3n) is 7.09. The van der Waals surface area contributed by atoms with Crippen LogP contribution >= 0.6 is 0 Å². The molecule has 0 heterocycles. The van der Waals surface area contributed by atoms with Crippen LogP contribution in [0.15, 0.2) is 18.2 Å². The lowest BCUT2D eigenvalue weighted by Crippen LogP contribution is -2.53. The Balaban J connectivity index is 1.24. The van der Waals surface area contributed by atoms with Crippen LogP contribution in [0.4, 0.5) is 11.4 Å². The molecule has 7 nitrogen and oxygen atoms in total. The molecular weight excluding hydrogens is 370 g/mol. The summed E-state index contributed by atoms with van der Waals surface area (Å²) < 4.78 is 0. The quantitative estimate of drug-likeness (QED) is 0.412. The topological polar surface area (TPSA) is 101 Å². The van der Waals surface area contributed by atoms with Crippen molar-refractivity contribution in [2.45, 2.75) is 58.3 Å². The second-order valence-corrected chi connectivity index (χ2v) is 9.36. The van der Waals surface area contributed by atoms with Gasteiger partial charge >= 0.3 is 0 Å².